The van der Waals surface area contributed by atoms with Crippen molar-refractivity contribution in [1.82, 2.24) is 0 Å². The summed E-state index contributed by atoms with van der Waals surface area (Å²) in [6.07, 6.45) is 8.39. The van der Waals surface area contributed by atoms with Crippen molar-refractivity contribution in [2.75, 3.05) is 0 Å². The van der Waals surface area contributed by atoms with E-state index >= 15 is 0 Å². The molecule has 0 bridgehead atoms. The first-order valence-electron chi connectivity index (χ1n) is 5.67. The summed E-state index contributed by atoms with van der Waals surface area (Å²) < 4.78 is 0. The van der Waals surface area contributed by atoms with Crippen LogP contribution in [-0.4, -0.2) is 17.0 Å². The third-order valence-corrected chi connectivity index (χ3v) is 2.80. The van der Waals surface area contributed by atoms with E-state index in [9.17, 15) is 9.90 Å². The Morgan fingerprint density at radius 1 is 1.43 bits per heavy atom. The fourth-order valence-electron chi connectivity index (χ4n) is 1.81. The summed E-state index contributed by atoms with van der Waals surface area (Å²) in [4.78, 5) is 11.7. The average Bonchev–Trinajstić information content (AvgIpc) is 2.15. The van der Waals surface area contributed by atoms with E-state index in [1.807, 2.05) is 13.0 Å². The van der Waals surface area contributed by atoms with Crippen LogP contribution in [0.15, 0.2) is 11.6 Å². The number of Topliss-reactive ketones (excluding diaryl/α,β-unsaturated/α-hetero) is 1. The number of carbonyl (C=O) groups is 1. The van der Waals surface area contributed by atoms with Gasteiger partial charge >= 0.3 is 0 Å². The van der Waals surface area contributed by atoms with Crippen LogP contribution in [0.25, 0.3) is 0 Å². The maximum absolute atomic E-state index is 11.7. The average molecular weight is 196 g/mol. The Balaban J connectivity index is 2.58. The Labute approximate surface area is 86.0 Å². The zero-order valence-electron chi connectivity index (χ0n) is 8.96. The van der Waals surface area contributed by atoms with E-state index < -0.39 is 6.10 Å². The minimum Gasteiger partial charge on any atom is -0.385 e. The molecule has 0 radical (unpaired) electrons. The molecule has 0 aromatic carbocycles. The quantitative estimate of drug-likeness (QED) is 0.753. The fraction of sp³-hybridized carbons (Fsp3) is 0.750. The molecule has 0 saturated heterocycles. The topological polar surface area (TPSA) is 37.3 Å². The highest BCUT2D eigenvalue weighted by Crippen LogP contribution is 2.19. The Morgan fingerprint density at radius 3 is 2.86 bits per heavy atom. The lowest BCUT2D eigenvalue weighted by Gasteiger charge is -2.13. The van der Waals surface area contributed by atoms with E-state index in [-0.39, 0.29) is 5.78 Å². The minimum absolute atomic E-state index is 0.0469. The fourth-order valence-corrected chi connectivity index (χ4v) is 1.81. The van der Waals surface area contributed by atoms with Crippen LogP contribution in [0.1, 0.15) is 51.9 Å². The van der Waals surface area contributed by atoms with Gasteiger partial charge in [0.2, 0.25) is 0 Å². The zero-order chi connectivity index (χ0) is 10.4. The molecular formula is C12H20O2. The van der Waals surface area contributed by atoms with Crippen LogP contribution in [0, 0.1) is 0 Å². The Morgan fingerprint density at radius 2 is 2.14 bits per heavy atom. The molecule has 1 aliphatic carbocycles. The molecule has 1 atom stereocenters. The van der Waals surface area contributed by atoms with Crippen LogP contribution in [0.4, 0.5) is 0 Å². The van der Waals surface area contributed by atoms with Gasteiger partial charge in [0.15, 0.2) is 5.78 Å². The summed E-state index contributed by atoms with van der Waals surface area (Å²) in [7, 11) is 0. The van der Waals surface area contributed by atoms with Crippen LogP contribution >= 0.6 is 0 Å². The molecule has 0 heterocycles. The second-order valence-electron chi connectivity index (χ2n) is 3.97. The second kappa shape index (κ2) is 5.97. The number of aliphatic hydroxyl groups is 1. The van der Waals surface area contributed by atoms with Gasteiger partial charge in [0.1, 0.15) is 6.10 Å². The highest BCUT2D eigenvalue weighted by molar-refractivity contribution is 5.98. The molecular weight excluding hydrogens is 176 g/mol. The second-order valence-corrected chi connectivity index (χ2v) is 3.97. The highest BCUT2D eigenvalue weighted by atomic mass is 16.3. The first kappa shape index (κ1) is 11.4. The van der Waals surface area contributed by atoms with Gasteiger partial charge in [-0.15, -0.1) is 0 Å². The minimum atomic E-state index is -0.777. The van der Waals surface area contributed by atoms with Gasteiger partial charge in [0, 0.05) is 0 Å². The number of hydrogen-bond acceptors (Lipinski definition) is 2. The Hall–Kier alpha value is -0.630. The van der Waals surface area contributed by atoms with Crippen molar-refractivity contribution in [3.05, 3.63) is 11.6 Å². The lowest BCUT2D eigenvalue weighted by atomic mass is 9.94. The van der Waals surface area contributed by atoms with Crippen LogP contribution in [0.2, 0.25) is 0 Å². The smallest absolute Gasteiger partial charge is 0.186 e. The van der Waals surface area contributed by atoms with Gasteiger partial charge < -0.3 is 5.11 Å². The first-order valence-corrected chi connectivity index (χ1v) is 5.67. The van der Waals surface area contributed by atoms with Crippen molar-refractivity contribution in [2.45, 2.75) is 58.0 Å². The van der Waals surface area contributed by atoms with Crippen molar-refractivity contribution >= 4 is 5.78 Å². The molecule has 0 aliphatic heterocycles. The lowest BCUT2D eigenvalue weighted by molar-refractivity contribution is -0.123. The van der Waals surface area contributed by atoms with Gasteiger partial charge in [-0.2, -0.15) is 0 Å². The molecule has 14 heavy (non-hydrogen) atoms. The van der Waals surface area contributed by atoms with Gasteiger partial charge in [0.25, 0.3) is 0 Å². The van der Waals surface area contributed by atoms with E-state index in [4.69, 9.17) is 0 Å². The molecule has 0 fully saturated rings. The molecule has 0 amide bonds. The summed E-state index contributed by atoms with van der Waals surface area (Å²) in [5.74, 6) is -0.0469. The SMILES string of the molecule is CCC(O)C(=O)C1=CCCCCCC1. The molecule has 1 unspecified atom stereocenters. The lowest BCUT2D eigenvalue weighted by Crippen LogP contribution is -2.21. The number of hydrogen-bond donors (Lipinski definition) is 1. The number of allylic oxidation sites excluding steroid dienone is 1. The largest absolute Gasteiger partial charge is 0.385 e. The van der Waals surface area contributed by atoms with Crippen molar-refractivity contribution in [1.29, 1.82) is 0 Å². The predicted molar refractivity (Wildman–Crippen MR) is 57.1 cm³/mol. The van der Waals surface area contributed by atoms with E-state index in [1.54, 1.807) is 0 Å². The van der Waals surface area contributed by atoms with Gasteiger partial charge in [0.05, 0.1) is 0 Å². The molecule has 1 N–H and O–H groups in total. The Kier molecular flexibility index (Phi) is 4.88. The van der Waals surface area contributed by atoms with Crippen molar-refractivity contribution < 1.29 is 9.90 Å². The number of aliphatic hydroxyl groups excluding tert-OH is 1. The van der Waals surface area contributed by atoms with Gasteiger partial charge in [-0.05, 0) is 37.7 Å². The maximum Gasteiger partial charge on any atom is 0.186 e. The van der Waals surface area contributed by atoms with E-state index in [0.29, 0.717) is 6.42 Å². The Bertz CT molecular complexity index is 218. The molecule has 2 nitrogen and oxygen atoms in total. The van der Waals surface area contributed by atoms with Gasteiger partial charge in [-0.1, -0.05) is 25.8 Å². The van der Waals surface area contributed by atoms with Crippen LogP contribution in [0.3, 0.4) is 0 Å². The summed E-state index contributed by atoms with van der Waals surface area (Å²) in [6, 6.07) is 0. The molecule has 2 heteroatoms. The van der Waals surface area contributed by atoms with E-state index in [0.717, 1.165) is 24.8 Å². The van der Waals surface area contributed by atoms with Gasteiger partial charge in [-0.25, -0.2) is 0 Å². The molecule has 0 aromatic rings. The summed E-state index contributed by atoms with van der Waals surface area (Å²) in [6.45, 7) is 1.84. The van der Waals surface area contributed by atoms with Crippen molar-refractivity contribution in [3.8, 4) is 0 Å². The van der Waals surface area contributed by atoms with E-state index in [1.165, 1.54) is 19.3 Å². The van der Waals surface area contributed by atoms with Crippen LogP contribution < -0.4 is 0 Å². The van der Waals surface area contributed by atoms with Crippen molar-refractivity contribution in [2.24, 2.45) is 0 Å². The molecule has 80 valence electrons. The highest BCUT2D eigenvalue weighted by Gasteiger charge is 2.17. The van der Waals surface area contributed by atoms with Crippen LogP contribution in [0.5, 0.6) is 0 Å². The third kappa shape index (κ3) is 3.26. The molecule has 1 aliphatic rings. The summed E-state index contributed by atoms with van der Waals surface area (Å²) in [5, 5.41) is 9.45. The standard InChI is InChI=1S/C12H20O2/c1-2-11(13)12(14)10-8-6-4-3-5-7-9-10/h8,11,13H,2-7,9H2,1H3. The zero-order valence-corrected chi connectivity index (χ0v) is 8.96. The van der Waals surface area contributed by atoms with E-state index in [2.05, 4.69) is 0 Å². The number of carbonyl (C=O) groups excluding carboxylic acids is 1. The number of rotatable bonds is 3. The maximum atomic E-state index is 11.7. The van der Waals surface area contributed by atoms with Gasteiger partial charge in [-0.3, -0.25) is 4.79 Å². The normalized spacial score (nSPS) is 20.6. The van der Waals surface area contributed by atoms with Crippen molar-refractivity contribution in [3.63, 3.8) is 0 Å². The predicted octanol–water partition coefficient (Wildman–Crippen LogP) is 2.61. The molecule has 1 rings (SSSR count). The summed E-state index contributed by atoms with van der Waals surface area (Å²) in [5.41, 5.74) is 0.860. The van der Waals surface area contributed by atoms with Crippen LogP contribution in [-0.2, 0) is 4.79 Å². The third-order valence-electron chi connectivity index (χ3n) is 2.80. The molecule has 0 spiro atoms. The first-order chi connectivity index (χ1) is 6.75. The summed E-state index contributed by atoms with van der Waals surface area (Å²) >= 11 is 0. The molecule has 0 aromatic heterocycles. The number of ketones is 1. The monoisotopic (exact) mass is 196 g/mol. The molecule has 0 saturated carbocycles.